The maximum atomic E-state index is 6.43. The van der Waals surface area contributed by atoms with Crippen LogP contribution in [0.15, 0.2) is 42.6 Å². The number of benzene rings is 2. The van der Waals surface area contributed by atoms with Crippen LogP contribution in [0.2, 0.25) is 0 Å². The summed E-state index contributed by atoms with van der Waals surface area (Å²) in [4.78, 5) is 11.7. The lowest BCUT2D eigenvalue weighted by molar-refractivity contribution is 0.102. The molecule has 8 heteroatoms. The Balaban J connectivity index is 1.36. The van der Waals surface area contributed by atoms with E-state index in [2.05, 4.69) is 58.5 Å². The van der Waals surface area contributed by atoms with Crippen LogP contribution in [0.1, 0.15) is 25.3 Å². The van der Waals surface area contributed by atoms with Gasteiger partial charge < -0.3 is 19.7 Å². The van der Waals surface area contributed by atoms with Crippen molar-refractivity contribution in [2.75, 3.05) is 49.6 Å². The van der Waals surface area contributed by atoms with Crippen LogP contribution >= 0.6 is 0 Å². The fraction of sp³-hybridized carbons (Fsp3) is 0.440. The molecule has 1 aromatic heterocycles. The quantitative estimate of drug-likeness (QED) is 0.554. The first-order valence-corrected chi connectivity index (χ1v) is 11.8. The van der Waals surface area contributed by atoms with E-state index in [1.54, 1.807) is 0 Å². The zero-order valence-corrected chi connectivity index (χ0v) is 19.2. The van der Waals surface area contributed by atoms with Crippen molar-refractivity contribution in [3.63, 3.8) is 0 Å². The van der Waals surface area contributed by atoms with Crippen LogP contribution in [-0.2, 0) is 11.2 Å². The minimum absolute atomic E-state index is 0.152. The lowest BCUT2D eigenvalue weighted by Crippen LogP contribution is -2.42. The van der Waals surface area contributed by atoms with Crippen LogP contribution in [0.25, 0.3) is 10.9 Å². The molecular weight excluding hydrogens is 416 g/mol. The highest BCUT2D eigenvalue weighted by atomic mass is 16.5. The number of hydrazine groups is 1. The van der Waals surface area contributed by atoms with Gasteiger partial charge in [0.2, 0.25) is 5.95 Å². The number of anilines is 3. The molecule has 33 heavy (non-hydrogen) atoms. The Hall–Kier alpha value is -2.94. The molecule has 2 aliphatic heterocycles. The fourth-order valence-electron chi connectivity index (χ4n) is 4.41. The molecule has 0 unspecified atom stereocenters. The third-order valence-electron chi connectivity index (χ3n) is 6.39. The van der Waals surface area contributed by atoms with Crippen molar-refractivity contribution in [2.24, 2.45) is 5.84 Å². The van der Waals surface area contributed by atoms with Gasteiger partial charge in [-0.25, -0.2) is 15.0 Å². The molecule has 2 fully saturated rings. The zero-order chi connectivity index (χ0) is 22.6. The van der Waals surface area contributed by atoms with E-state index < -0.39 is 0 Å². The summed E-state index contributed by atoms with van der Waals surface area (Å²) in [6, 6.07) is 12.6. The fourth-order valence-corrected chi connectivity index (χ4v) is 4.41. The molecule has 5 rings (SSSR count). The summed E-state index contributed by atoms with van der Waals surface area (Å²) in [6.07, 6.45) is 4.80. The van der Waals surface area contributed by atoms with Crippen molar-refractivity contribution in [1.82, 2.24) is 15.0 Å². The van der Waals surface area contributed by atoms with Gasteiger partial charge in [-0.15, -0.1) is 0 Å². The van der Waals surface area contributed by atoms with Gasteiger partial charge >= 0.3 is 0 Å². The number of hydrogen-bond donors (Lipinski definition) is 2. The Morgan fingerprint density at radius 2 is 1.85 bits per heavy atom. The number of rotatable bonds is 6. The molecule has 0 spiro atoms. The van der Waals surface area contributed by atoms with Crippen LogP contribution in [0.5, 0.6) is 5.75 Å². The standard InChI is InChI=1S/C25H32N6O2/c1-2-18-15-19-17-27-25(28-20-3-5-21(6-4-20)30-11-13-32-14-12-30)29-24(19)23(16-18)33-22-7-9-31(26)10-8-22/h3-6,15-17,22H,2,7-14,26H2,1H3,(H,27,28,29). The Labute approximate surface area is 194 Å². The molecule has 0 aliphatic carbocycles. The molecule has 3 aromatic rings. The summed E-state index contributed by atoms with van der Waals surface area (Å²) in [5.74, 6) is 7.30. The van der Waals surface area contributed by atoms with Gasteiger partial charge in [0.1, 0.15) is 17.4 Å². The van der Waals surface area contributed by atoms with Crippen molar-refractivity contribution >= 4 is 28.2 Å². The average Bonchev–Trinajstić information content (AvgIpc) is 2.86. The van der Waals surface area contributed by atoms with E-state index >= 15 is 0 Å². The average molecular weight is 449 g/mol. The molecule has 2 aliphatic rings. The minimum Gasteiger partial charge on any atom is -0.488 e. The normalized spacial score (nSPS) is 17.9. The highest BCUT2D eigenvalue weighted by Gasteiger charge is 2.20. The van der Waals surface area contributed by atoms with E-state index in [9.17, 15) is 0 Å². The highest BCUT2D eigenvalue weighted by molar-refractivity contribution is 5.86. The molecule has 0 atom stereocenters. The maximum absolute atomic E-state index is 6.43. The van der Waals surface area contributed by atoms with Crippen molar-refractivity contribution < 1.29 is 9.47 Å². The van der Waals surface area contributed by atoms with Gasteiger partial charge in [0.15, 0.2) is 0 Å². The van der Waals surface area contributed by atoms with Gasteiger partial charge in [0, 0.05) is 49.1 Å². The van der Waals surface area contributed by atoms with Crippen molar-refractivity contribution in [3.05, 3.63) is 48.2 Å². The van der Waals surface area contributed by atoms with Crippen LogP contribution in [0.3, 0.4) is 0 Å². The molecule has 2 aromatic carbocycles. The number of aryl methyl sites for hydroxylation is 1. The first kappa shape index (κ1) is 21.9. The Morgan fingerprint density at radius 3 is 2.58 bits per heavy atom. The van der Waals surface area contributed by atoms with E-state index in [-0.39, 0.29) is 6.10 Å². The summed E-state index contributed by atoms with van der Waals surface area (Å²) in [5, 5.41) is 6.20. The molecule has 0 radical (unpaired) electrons. The number of piperidine rings is 1. The predicted molar refractivity (Wildman–Crippen MR) is 131 cm³/mol. The summed E-state index contributed by atoms with van der Waals surface area (Å²) in [7, 11) is 0. The van der Waals surface area contributed by atoms with Crippen molar-refractivity contribution in [1.29, 1.82) is 0 Å². The third-order valence-corrected chi connectivity index (χ3v) is 6.39. The smallest absolute Gasteiger partial charge is 0.227 e. The second-order valence-electron chi connectivity index (χ2n) is 8.70. The molecule has 0 amide bonds. The maximum Gasteiger partial charge on any atom is 0.227 e. The predicted octanol–water partition coefficient (Wildman–Crippen LogP) is 3.49. The summed E-state index contributed by atoms with van der Waals surface area (Å²) < 4.78 is 11.9. The van der Waals surface area contributed by atoms with Gasteiger partial charge in [-0.05, 0) is 61.2 Å². The number of aromatic nitrogens is 2. The molecule has 174 valence electrons. The van der Waals surface area contributed by atoms with Crippen LogP contribution in [0.4, 0.5) is 17.3 Å². The van der Waals surface area contributed by atoms with E-state index in [0.717, 1.165) is 81.0 Å². The first-order valence-electron chi connectivity index (χ1n) is 11.8. The first-order chi connectivity index (χ1) is 16.2. The van der Waals surface area contributed by atoms with Gasteiger partial charge in [0.05, 0.1) is 13.2 Å². The minimum atomic E-state index is 0.152. The van der Waals surface area contributed by atoms with E-state index in [1.165, 1.54) is 11.3 Å². The summed E-state index contributed by atoms with van der Waals surface area (Å²) in [6.45, 7) is 7.24. The van der Waals surface area contributed by atoms with Crippen molar-refractivity contribution in [3.8, 4) is 5.75 Å². The summed E-state index contributed by atoms with van der Waals surface area (Å²) in [5.41, 5.74) is 4.21. The van der Waals surface area contributed by atoms with Gasteiger partial charge in [-0.1, -0.05) is 6.92 Å². The van der Waals surface area contributed by atoms with E-state index in [1.807, 2.05) is 11.2 Å². The topological polar surface area (TPSA) is 88.8 Å². The third kappa shape index (κ3) is 5.19. The molecule has 2 saturated heterocycles. The second kappa shape index (κ2) is 9.91. The Kier molecular flexibility index (Phi) is 6.57. The lowest BCUT2D eigenvalue weighted by Gasteiger charge is -2.29. The number of nitrogens with one attached hydrogen (secondary N) is 1. The Morgan fingerprint density at radius 1 is 1.09 bits per heavy atom. The van der Waals surface area contributed by atoms with Crippen molar-refractivity contribution in [2.45, 2.75) is 32.3 Å². The van der Waals surface area contributed by atoms with E-state index in [4.69, 9.17) is 20.3 Å². The molecule has 8 nitrogen and oxygen atoms in total. The van der Waals surface area contributed by atoms with Gasteiger partial charge in [-0.2, -0.15) is 0 Å². The molecule has 0 saturated carbocycles. The SMILES string of the molecule is CCc1cc(OC2CCN(N)CC2)c2nc(Nc3ccc(N4CCOCC4)cc3)ncc2c1. The van der Waals surface area contributed by atoms with Crippen LogP contribution < -0.4 is 20.8 Å². The number of morpholine rings is 1. The number of nitrogens with two attached hydrogens (primary N) is 1. The largest absolute Gasteiger partial charge is 0.488 e. The molecule has 0 bridgehead atoms. The Bertz CT molecular complexity index is 1080. The van der Waals surface area contributed by atoms with Crippen LogP contribution in [0, 0.1) is 0 Å². The van der Waals surface area contributed by atoms with E-state index in [0.29, 0.717) is 5.95 Å². The van der Waals surface area contributed by atoms with Gasteiger partial charge in [0.25, 0.3) is 0 Å². The zero-order valence-electron chi connectivity index (χ0n) is 19.2. The van der Waals surface area contributed by atoms with Gasteiger partial charge in [-0.3, -0.25) is 5.84 Å². The number of nitrogens with zero attached hydrogens (tertiary/aromatic N) is 4. The monoisotopic (exact) mass is 448 g/mol. The lowest BCUT2D eigenvalue weighted by atomic mass is 10.1. The number of hydrogen-bond acceptors (Lipinski definition) is 8. The second-order valence-corrected chi connectivity index (χ2v) is 8.70. The highest BCUT2D eigenvalue weighted by Crippen LogP contribution is 2.30. The number of fused-ring (bicyclic) bond motifs is 1. The summed E-state index contributed by atoms with van der Waals surface area (Å²) >= 11 is 0. The van der Waals surface area contributed by atoms with Crippen LogP contribution in [-0.4, -0.2) is 60.5 Å². The number of ether oxygens (including phenoxy) is 2. The molecular formula is C25H32N6O2. The molecule has 3 N–H and O–H groups in total. The molecule has 3 heterocycles.